The van der Waals surface area contributed by atoms with Gasteiger partial charge in [-0.3, -0.25) is 4.99 Å². The highest BCUT2D eigenvalue weighted by atomic mass is 35.5. The molecule has 1 nitrogen and oxygen atoms in total. The Labute approximate surface area is 178 Å². The lowest BCUT2D eigenvalue weighted by molar-refractivity contribution is 1.01. The predicted octanol–water partition coefficient (Wildman–Crippen LogP) is 8.31. The lowest BCUT2D eigenvalue weighted by Crippen LogP contribution is -2.06. The molecule has 0 aliphatic carbocycles. The summed E-state index contributed by atoms with van der Waals surface area (Å²) in [7, 11) is 0. The molecular weight excluding hydrogens is 417 g/mol. The number of rotatable bonds is 2. The molecule has 3 aromatic rings. The standard InChI is InChI=1S/C22H16Cl3NS/c1-13-11-14(9-10-15(13)23)19-12-21(22-16(24)5-4-6-17(22)25)27-20-8-3-2-7-18(20)26-19/h2-11,21H,12H2,1H3. The fraction of sp³-hybridized carbons (Fsp3) is 0.136. The first-order valence-electron chi connectivity index (χ1n) is 8.56. The van der Waals surface area contributed by atoms with Crippen molar-refractivity contribution >= 4 is 58.0 Å². The average Bonchev–Trinajstić information content (AvgIpc) is 2.83. The summed E-state index contributed by atoms with van der Waals surface area (Å²) in [5.41, 5.74) is 5.04. The SMILES string of the molecule is Cc1cc(C2=Nc3ccccc3SC(c3c(Cl)cccc3Cl)C2)ccc1Cl. The second-order valence-corrected chi connectivity index (χ2v) is 8.90. The first-order valence-corrected chi connectivity index (χ1v) is 10.6. The van der Waals surface area contributed by atoms with Crippen molar-refractivity contribution in [3.05, 3.63) is 92.4 Å². The van der Waals surface area contributed by atoms with Gasteiger partial charge in [0, 0.05) is 42.9 Å². The van der Waals surface area contributed by atoms with Crippen molar-refractivity contribution < 1.29 is 0 Å². The van der Waals surface area contributed by atoms with Gasteiger partial charge >= 0.3 is 0 Å². The van der Waals surface area contributed by atoms with Crippen LogP contribution in [0.5, 0.6) is 0 Å². The van der Waals surface area contributed by atoms with E-state index >= 15 is 0 Å². The topological polar surface area (TPSA) is 12.4 Å². The van der Waals surface area contributed by atoms with E-state index in [9.17, 15) is 0 Å². The molecule has 0 spiro atoms. The second-order valence-electron chi connectivity index (χ2n) is 6.44. The van der Waals surface area contributed by atoms with Gasteiger partial charge in [-0.2, -0.15) is 0 Å². The normalized spacial score (nSPS) is 16.4. The molecule has 0 amide bonds. The fourth-order valence-corrected chi connectivity index (χ4v) is 5.42. The van der Waals surface area contributed by atoms with Crippen molar-refractivity contribution in [1.29, 1.82) is 0 Å². The summed E-state index contributed by atoms with van der Waals surface area (Å²) in [5, 5.41) is 2.20. The van der Waals surface area contributed by atoms with Gasteiger partial charge in [0.2, 0.25) is 0 Å². The van der Waals surface area contributed by atoms with E-state index in [2.05, 4.69) is 12.1 Å². The Balaban J connectivity index is 1.85. The van der Waals surface area contributed by atoms with Crippen LogP contribution in [0.2, 0.25) is 15.1 Å². The molecular formula is C22H16Cl3NS. The van der Waals surface area contributed by atoms with Gasteiger partial charge in [-0.1, -0.05) is 59.1 Å². The zero-order chi connectivity index (χ0) is 19.0. The van der Waals surface area contributed by atoms with Crippen LogP contribution in [0.1, 0.15) is 28.4 Å². The van der Waals surface area contributed by atoms with E-state index in [1.54, 1.807) is 11.8 Å². The number of aliphatic imine (C=N–C) groups is 1. The van der Waals surface area contributed by atoms with Gasteiger partial charge in [0.1, 0.15) is 0 Å². The predicted molar refractivity (Wildman–Crippen MR) is 119 cm³/mol. The van der Waals surface area contributed by atoms with Crippen molar-refractivity contribution in [3.63, 3.8) is 0 Å². The number of aryl methyl sites for hydroxylation is 1. The molecule has 0 saturated heterocycles. The van der Waals surface area contributed by atoms with Crippen molar-refractivity contribution in [1.82, 2.24) is 0 Å². The summed E-state index contributed by atoms with van der Waals surface area (Å²) in [6, 6.07) is 19.9. The van der Waals surface area contributed by atoms with Gasteiger partial charge in [0.05, 0.1) is 5.69 Å². The van der Waals surface area contributed by atoms with Gasteiger partial charge in [0.15, 0.2) is 0 Å². The average molecular weight is 433 g/mol. The number of hydrogen-bond acceptors (Lipinski definition) is 2. The van der Waals surface area contributed by atoms with Crippen LogP contribution in [0, 0.1) is 6.92 Å². The van der Waals surface area contributed by atoms with Crippen LogP contribution in [0.15, 0.2) is 70.6 Å². The molecule has 3 aromatic carbocycles. The molecule has 0 radical (unpaired) electrons. The smallest absolute Gasteiger partial charge is 0.0769 e. The van der Waals surface area contributed by atoms with Crippen LogP contribution < -0.4 is 0 Å². The Morgan fingerprint density at radius 2 is 1.63 bits per heavy atom. The fourth-order valence-electron chi connectivity index (χ4n) is 3.20. The number of hydrogen-bond donors (Lipinski definition) is 0. The number of fused-ring (bicyclic) bond motifs is 1. The minimum Gasteiger partial charge on any atom is -0.252 e. The minimum atomic E-state index is 0.0737. The highest BCUT2D eigenvalue weighted by Gasteiger charge is 2.26. The number of para-hydroxylation sites is 1. The summed E-state index contributed by atoms with van der Waals surface area (Å²) < 4.78 is 0. The third kappa shape index (κ3) is 3.90. The number of thioether (sulfide) groups is 1. The van der Waals surface area contributed by atoms with Crippen molar-refractivity contribution in [2.45, 2.75) is 23.5 Å². The second kappa shape index (κ2) is 7.89. The molecule has 27 heavy (non-hydrogen) atoms. The molecule has 5 heteroatoms. The lowest BCUT2D eigenvalue weighted by atomic mass is 9.99. The van der Waals surface area contributed by atoms with Crippen molar-refractivity contribution in [2.24, 2.45) is 4.99 Å². The van der Waals surface area contributed by atoms with E-state index in [1.165, 1.54) is 0 Å². The third-order valence-corrected chi connectivity index (χ3v) is 6.95. The molecule has 4 rings (SSSR count). The van der Waals surface area contributed by atoms with Gasteiger partial charge in [0.25, 0.3) is 0 Å². The summed E-state index contributed by atoms with van der Waals surface area (Å²) in [6.45, 7) is 2.01. The van der Waals surface area contributed by atoms with E-state index in [4.69, 9.17) is 39.8 Å². The molecule has 1 aliphatic heterocycles. The van der Waals surface area contributed by atoms with Crippen LogP contribution in [-0.4, -0.2) is 5.71 Å². The summed E-state index contributed by atoms with van der Waals surface area (Å²) >= 11 is 21.0. The molecule has 0 aromatic heterocycles. The van der Waals surface area contributed by atoms with E-state index in [0.717, 1.165) is 44.4 Å². The van der Waals surface area contributed by atoms with Crippen LogP contribution in [0.25, 0.3) is 0 Å². The van der Waals surface area contributed by atoms with E-state index < -0.39 is 0 Å². The largest absolute Gasteiger partial charge is 0.252 e. The molecule has 136 valence electrons. The zero-order valence-corrected chi connectivity index (χ0v) is 17.6. The Bertz CT molecular complexity index is 1030. The van der Waals surface area contributed by atoms with E-state index in [1.807, 2.05) is 55.5 Å². The first kappa shape index (κ1) is 18.9. The molecule has 0 bridgehead atoms. The van der Waals surface area contributed by atoms with Crippen LogP contribution in [-0.2, 0) is 0 Å². The third-order valence-electron chi connectivity index (χ3n) is 4.58. The van der Waals surface area contributed by atoms with Crippen LogP contribution in [0.4, 0.5) is 5.69 Å². The monoisotopic (exact) mass is 431 g/mol. The molecule has 0 N–H and O–H groups in total. The Kier molecular flexibility index (Phi) is 5.52. The van der Waals surface area contributed by atoms with Gasteiger partial charge in [-0.15, -0.1) is 11.8 Å². The summed E-state index contributed by atoms with van der Waals surface area (Å²) in [4.78, 5) is 6.11. The van der Waals surface area contributed by atoms with E-state index in [0.29, 0.717) is 10.0 Å². The highest BCUT2D eigenvalue weighted by Crippen LogP contribution is 2.49. The minimum absolute atomic E-state index is 0.0737. The molecule has 0 saturated carbocycles. The van der Waals surface area contributed by atoms with Gasteiger partial charge in [-0.25, -0.2) is 0 Å². The Hall–Kier alpha value is -1.45. The molecule has 1 atom stereocenters. The van der Waals surface area contributed by atoms with Gasteiger partial charge in [-0.05, 0) is 54.4 Å². The number of halogens is 3. The first-order chi connectivity index (χ1) is 13.0. The Morgan fingerprint density at radius 1 is 0.889 bits per heavy atom. The quantitative estimate of drug-likeness (QED) is 0.396. The maximum Gasteiger partial charge on any atom is 0.0769 e. The molecule has 1 unspecified atom stereocenters. The van der Waals surface area contributed by atoms with E-state index in [-0.39, 0.29) is 5.25 Å². The molecule has 0 fully saturated rings. The number of benzene rings is 3. The molecule has 1 aliphatic rings. The Morgan fingerprint density at radius 3 is 2.37 bits per heavy atom. The maximum atomic E-state index is 6.53. The maximum absolute atomic E-state index is 6.53. The van der Waals surface area contributed by atoms with Crippen molar-refractivity contribution in [2.75, 3.05) is 0 Å². The highest BCUT2D eigenvalue weighted by molar-refractivity contribution is 7.99. The summed E-state index contributed by atoms with van der Waals surface area (Å²) in [5.74, 6) is 0. The van der Waals surface area contributed by atoms with Crippen LogP contribution >= 0.6 is 46.6 Å². The van der Waals surface area contributed by atoms with Crippen LogP contribution in [0.3, 0.4) is 0 Å². The van der Waals surface area contributed by atoms with Crippen molar-refractivity contribution in [3.8, 4) is 0 Å². The zero-order valence-electron chi connectivity index (χ0n) is 14.5. The molecule has 1 heterocycles. The summed E-state index contributed by atoms with van der Waals surface area (Å²) in [6.07, 6.45) is 0.726. The lowest BCUT2D eigenvalue weighted by Gasteiger charge is -2.19. The van der Waals surface area contributed by atoms with Gasteiger partial charge < -0.3 is 0 Å². The number of nitrogens with zero attached hydrogens (tertiary/aromatic N) is 1.